The highest BCUT2D eigenvalue weighted by molar-refractivity contribution is 5.48. The average Bonchev–Trinajstić information content (AvgIpc) is 2.80. The van der Waals surface area contributed by atoms with Gasteiger partial charge in [0.15, 0.2) is 17.9 Å². The van der Waals surface area contributed by atoms with Crippen molar-refractivity contribution in [1.29, 1.82) is 0 Å². The first-order valence-corrected chi connectivity index (χ1v) is 10.4. The lowest BCUT2D eigenvalue weighted by molar-refractivity contribution is -0.734. The molecule has 4 aliphatic rings. The molecule has 0 N–H and O–H groups in total. The summed E-state index contributed by atoms with van der Waals surface area (Å²) < 4.78 is 8.27. The molecule has 28 heavy (non-hydrogen) atoms. The van der Waals surface area contributed by atoms with Crippen molar-refractivity contribution in [2.45, 2.75) is 23.9 Å². The van der Waals surface area contributed by atoms with Crippen molar-refractivity contribution >= 4 is 0 Å². The highest BCUT2D eigenvalue weighted by Crippen LogP contribution is 2.57. The van der Waals surface area contributed by atoms with Gasteiger partial charge < -0.3 is 4.74 Å². The number of hydrogen-bond acceptors (Lipinski definition) is 2. The fraction of sp³-hybridized carbons (Fsp3) is 0.320. The largest absolute Gasteiger partial charge is 0.379 e. The van der Waals surface area contributed by atoms with Crippen LogP contribution < -0.4 is 4.57 Å². The minimum atomic E-state index is -0.0224. The van der Waals surface area contributed by atoms with Crippen molar-refractivity contribution in [2.75, 3.05) is 26.3 Å². The Bertz CT molecular complexity index is 964. The number of rotatable bonds is 2. The molecule has 2 bridgehead atoms. The monoisotopic (exact) mass is 369 g/mol. The van der Waals surface area contributed by atoms with Gasteiger partial charge in [0.1, 0.15) is 0 Å². The number of morpholine rings is 1. The van der Waals surface area contributed by atoms with Crippen molar-refractivity contribution in [3.05, 3.63) is 101 Å². The zero-order valence-electron chi connectivity index (χ0n) is 16.0. The Kier molecular flexibility index (Phi) is 3.68. The van der Waals surface area contributed by atoms with Crippen LogP contribution >= 0.6 is 0 Å². The number of fused-ring (bicyclic) bond motifs is 1. The normalized spacial score (nSPS) is 28.6. The Labute approximate surface area is 166 Å². The van der Waals surface area contributed by atoms with Crippen molar-refractivity contribution in [3.8, 4) is 0 Å². The van der Waals surface area contributed by atoms with Crippen molar-refractivity contribution in [1.82, 2.24) is 4.90 Å². The standard InChI is InChI=1S/C25H25N2O/c1-2-8-19(9-3-1)25(26-14-16-28-17-15-26)18-23-20-10-4-5-11-21(20)24(25)22-12-6-7-13-27(22)23/h1-13,23-24H,14-18H2/q+1/t23-,24-,25-/m1/s1. The Morgan fingerprint density at radius 2 is 1.54 bits per heavy atom. The summed E-state index contributed by atoms with van der Waals surface area (Å²) in [5.41, 5.74) is 5.85. The molecule has 1 aromatic heterocycles. The van der Waals surface area contributed by atoms with Crippen LogP contribution in [0.5, 0.6) is 0 Å². The van der Waals surface area contributed by atoms with Crippen LogP contribution in [0.15, 0.2) is 79.0 Å². The Morgan fingerprint density at radius 3 is 2.36 bits per heavy atom. The molecule has 0 unspecified atom stereocenters. The molecule has 1 aliphatic carbocycles. The molecule has 140 valence electrons. The summed E-state index contributed by atoms with van der Waals surface area (Å²) >= 11 is 0. The summed E-state index contributed by atoms with van der Waals surface area (Å²) in [5, 5.41) is 0. The van der Waals surface area contributed by atoms with Crippen molar-refractivity contribution in [3.63, 3.8) is 0 Å². The maximum Gasteiger partial charge on any atom is 0.191 e. The fourth-order valence-electron chi connectivity index (χ4n) is 5.97. The predicted molar refractivity (Wildman–Crippen MR) is 108 cm³/mol. The summed E-state index contributed by atoms with van der Waals surface area (Å²) in [6.07, 6.45) is 3.39. The molecule has 0 spiro atoms. The average molecular weight is 369 g/mol. The van der Waals surface area contributed by atoms with Crippen LogP contribution in [-0.2, 0) is 10.3 Å². The van der Waals surface area contributed by atoms with Crippen LogP contribution in [0.25, 0.3) is 0 Å². The molecule has 0 saturated carbocycles. The Balaban J connectivity index is 1.65. The van der Waals surface area contributed by atoms with E-state index in [1.807, 2.05) is 0 Å². The number of aromatic nitrogens is 1. The van der Waals surface area contributed by atoms with Gasteiger partial charge in [-0.15, -0.1) is 0 Å². The maximum absolute atomic E-state index is 5.74. The zero-order valence-corrected chi connectivity index (χ0v) is 16.0. The van der Waals surface area contributed by atoms with Crippen LogP contribution in [0.4, 0.5) is 0 Å². The van der Waals surface area contributed by atoms with Crippen molar-refractivity contribution < 1.29 is 9.30 Å². The number of nitrogens with zero attached hydrogens (tertiary/aromatic N) is 2. The third kappa shape index (κ3) is 2.15. The van der Waals surface area contributed by atoms with Gasteiger partial charge in [-0.25, -0.2) is 0 Å². The molecular formula is C25H25N2O+. The summed E-state index contributed by atoms with van der Waals surface area (Å²) in [7, 11) is 0. The van der Waals surface area contributed by atoms with Gasteiger partial charge in [-0.3, -0.25) is 4.90 Å². The van der Waals surface area contributed by atoms with Gasteiger partial charge in [0, 0.05) is 37.2 Å². The first kappa shape index (κ1) is 16.5. The molecule has 3 aliphatic heterocycles. The lowest BCUT2D eigenvalue weighted by atomic mass is 9.59. The van der Waals surface area contributed by atoms with Gasteiger partial charge in [-0.2, -0.15) is 4.57 Å². The molecule has 3 nitrogen and oxygen atoms in total. The van der Waals surface area contributed by atoms with Gasteiger partial charge in [-0.05, 0) is 11.1 Å². The summed E-state index contributed by atoms with van der Waals surface area (Å²) in [6, 6.07) is 27.4. The van der Waals surface area contributed by atoms with E-state index in [4.69, 9.17) is 4.74 Å². The molecule has 1 fully saturated rings. The molecular weight excluding hydrogens is 344 g/mol. The molecule has 3 aromatic rings. The highest BCUT2D eigenvalue weighted by atomic mass is 16.5. The smallest absolute Gasteiger partial charge is 0.191 e. The Morgan fingerprint density at radius 1 is 0.821 bits per heavy atom. The first-order valence-electron chi connectivity index (χ1n) is 10.4. The van der Waals surface area contributed by atoms with Gasteiger partial charge in [0.2, 0.25) is 0 Å². The molecule has 0 amide bonds. The molecule has 7 rings (SSSR count). The SMILES string of the molecule is c1ccc([C@]2(N3CCOCC3)C[C@@H]3c4ccccc4[C@@H]2c2cccc[n+]23)cc1. The summed E-state index contributed by atoms with van der Waals surface area (Å²) in [4.78, 5) is 2.72. The van der Waals surface area contributed by atoms with E-state index in [0.717, 1.165) is 32.7 Å². The summed E-state index contributed by atoms with van der Waals surface area (Å²) in [5.74, 6) is 0.329. The van der Waals surface area contributed by atoms with E-state index in [1.54, 1.807) is 0 Å². The number of hydrogen-bond donors (Lipinski definition) is 0. The van der Waals surface area contributed by atoms with Gasteiger partial charge >= 0.3 is 0 Å². The second-order valence-electron chi connectivity index (χ2n) is 8.20. The summed E-state index contributed by atoms with van der Waals surface area (Å²) in [6.45, 7) is 3.63. The minimum Gasteiger partial charge on any atom is -0.379 e. The van der Waals surface area contributed by atoms with Crippen LogP contribution in [0.2, 0.25) is 0 Å². The lowest BCUT2D eigenvalue weighted by Crippen LogP contribution is -2.66. The van der Waals surface area contributed by atoms with Crippen LogP contribution in [0.1, 0.15) is 40.8 Å². The van der Waals surface area contributed by atoms with E-state index < -0.39 is 0 Å². The molecule has 3 heteroatoms. The zero-order chi connectivity index (χ0) is 18.6. The van der Waals surface area contributed by atoms with Gasteiger partial charge in [0.05, 0.1) is 24.7 Å². The van der Waals surface area contributed by atoms with E-state index >= 15 is 0 Å². The molecule has 2 aromatic carbocycles. The molecule has 0 radical (unpaired) electrons. The van der Waals surface area contributed by atoms with Crippen LogP contribution in [0, 0.1) is 0 Å². The van der Waals surface area contributed by atoms with E-state index in [-0.39, 0.29) is 5.54 Å². The lowest BCUT2D eigenvalue weighted by Gasteiger charge is -2.55. The molecule has 1 saturated heterocycles. The molecule has 3 atom stereocenters. The number of pyridine rings is 1. The topological polar surface area (TPSA) is 16.4 Å². The maximum atomic E-state index is 5.74. The van der Waals surface area contributed by atoms with E-state index in [1.165, 1.54) is 22.4 Å². The highest BCUT2D eigenvalue weighted by Gasteiger charge is 2.60. The predicted octanol–water partition coefficient (Wildman–Crippen LogP) is 3.64. The fourth-order valence-corrected chi connectivity index (χ4v) is 5.97. The number of ether oxygens (including phenoxy) is 1. The van der Waals surface area contributed by atoms with Crippen molar-refractivity contribution in [2.24, 2.45) is 0 Å². The quantitative estimate of drug-likeness (QED) is 0.641. The van der Waals surface area contributed by atoms with E-state index in [2.05, 4.69) is 88.5 Å². The minimum absolute atomic E-state index is 0.0224. The molecule has 4 heterocycles. The van der Waals surface area contributed by atoms with E-state index in [9.17, 15) is 0 Å². The number of benzene rings is 2. The third-order valence-electron chi connectivity index (χ3n) is 7.05. The van der Waals surface area contributed by atoms with E-state index in [0.29, 0.717) is 12.0 Å². The third-order valence-corrected chi connectivity index (χ3v) is 7.05. The Hall–Kier alpha value is -2.49. The first-order chi connectivity index (χ1) is 13.9. The van der Waals surface area contributed by atoms with Crippen LogP contribution in [0.3, 0.4) is 0 Å². The van der Waals surface area contributed by atoms with Crippen LogP contribution in [-0.4, -0.2) is 31.2 Å². The van der Waals surface area contributed by atoms with Gasteiger partial charge in [-0.1, -0.05) is 60.7 Å². The second-order valence-corrected chi connectivity index (χ2v) is 8.20. The second kappa shape index (κ2) is 6.26. The van der Waals surface area contributed by atoms with Gasteiger partial charge in [0.25, 0.3) is 0 Å².